The minimum atomic E-state index is -0.392. The summed E-state index contributed by atoms with van der Waals surface area (Å²) in [4.78, 5) is 11.7. The maximum atomic E-state index is 11.7. The first-order valence-electron chi connectivity index (χ1n) is 15.7. The highest BCUT2D eigenvalue weighted by Crippen LogP contribution is 2.47. The second kappa shape index (κ2) is 19.6. The molecule has 246 valence electrons. The third kappa shape index (κ3) is 15.3. The van der Waals surface area contributed by atoms with Crippen LogP contribution in [0.1, 0.15) is 106 Å². The lowest BCUT2D eigenvalue weighted by atomic mass is 9.66. The van der Waals surface area contributed by atoms with Gasteiger partial charge in [0.1, 0.15) is 13.2 Å². The molecular weight excluding hydrogens is 564 g/mol. The molecular formula is C40H61ClO3. The molecule has 0 N–H and O–H groups in total. The number of allylic oxidation sites excluding steroid dienone is 7. The van der Waals surface area contributed by atoms with E-state index in [2.05, 4.69) is 106 Å². The van der Waals surface area contributed by atoms with Crippen LogP contribution >= 0.6 is 11.6 Å². The summed E-state index contributed by atoms with van der Waals surface area (Å²) in [7, 11) is 0. The van der Waals surface area contributed by atoms with Gasteiger partial charge in [-0.25, -0.2) is 4.79 Å². The van der Waals surface area contributed by atoms with Crippen LogP contribution < -0.4 is 0 Å². The second-order valence-corrected chi connectivity index (χ2v) is 14.4. The van der Waals surface area contributed by atoms with Crippen molar-refractivity contribution in [3.8, 4) is 0 Å². The van der Waals surface area contributed by atoms with E-state index in [-0.39, 0.29) is 22.9 Å². The smallest absolute Gasteiger partial charge is 0.333 e. The number of benzene rings is 1. The molecule has 3 nitrogen and oxygen atoms in total. The molecule has 3 unspecified atom stereocenters. The van der Waals surface area contributed by atoms with Crippen LogP contribution in [-0.4, -0.2) is 19.2 Å². The quantitative estimate of drug-likeness (QED) is 0.0458. The molecule has 4 heteroatoms. The fraction of sp³-hybridized carbons (Fsp3) is 0.525. The zero-order chi connectivity index (χ0) is 34.1. The van der Waals surface area contributed by atoms with Gasteiger partial charge in [-0.05, 0) is 72.5 Å². The van der Waals surface area contributed by atoms with Gasteiger partial charge in [-0.1, -0.05) is 136 Å². The Morgan fingerprint density at radius 2 is 1.52 bits per heavy atom. The largest absolute Gasteiger partial charge is 0.494 e. The van der Waals surface area contributed by atoms with E-state index < -0.39 is 5.97 Å². The van der Waals surface area contributed by atoms with E-state index in [1.165, 1.54) is 5.56 Å². The van der Waals surface area contributed by atoms with Crippen molar-refractivity contribution in [1.82, 2.24) is 0 Å². The van der Waals surface area contributed by atoms with E-state index in [4.69, 9.17) is 21.1 Å². The molecule has 1 aromatic rings. The molecule has 44 heavy (non-hydrogen) atoms. The van der Waals surface area contributed by atoms with Crippen LogP contribution in [0.3, 0.4) is 0 Å². The second-order valence-electron chi connectivity index (χ2n) is 14.2. The number of esters is 1. The van der Waals surface area contributed by atoms with Crippen LogP contribution in [-0.2, 0) is 20.1 Å². The minimum Gasteiger partial charge on any atom is -0.494 e. The molecule has 0 heterocycles. The Hall–Kier alpha value is -2.78. The highest BCUT2D eigenvalue weighted by Gasteiger charge is 2.37. The van der Waals surface area contributed by atoms with E-state index in [0.29, 0.717) is 29.9 Å². The van der Waals surface area contributed by atoms with Crippen LogP contribution in [0, 0.1) is 22.2 Å². The van der Waals surface area contributed by atoms with Crippen molar-refractivity contribution in [1.29, 1.82) is 0 Å². The first-order chi connectivity index (χ1) is 20.4. The number of rotatable bonds is 16. The fourth-order valence-electron chi connectivity index (χ4n) is 4.86. The zero-order valence-corrected chi connectivity index (χ0v) is 30.3. The van der Waals surface area contributed by atoms with Crippen molar-refractivity contribution in [3.05, 3.63) is 109 Å². The standard InChI is InChI=1S/C31H49ClO3.C9H12/c1-22(2)28(33)35-19-18-34-24(4)31(11,20-23(3)29(5,6)7)17-16-27(30(8,9)10)26-14-12-25(21-32)13-15-26;1-4-7-9(6-3)8-5-2/h12-15,23,27H,1,4,16-21H2,2-3,5-11H3;4-8H,1,3H2,2H3/b;8-5-,9-7-. The monoisotopic (exact) mass is 624 g/mol. The van der Waals surface area contributed by atoms with E-state index in [1.54, 1.807) is 19.1 Å². The van der Waals surface area contributed by atoms with Gasteiger partial charge in [-0.15, -0.1) is 11.6 Å². The molecule has 3 atom stereocenters. The summed E-state index contributed by atoms with van der Waals surface area (Å²) in [5, 5.41) is 0. The summed E-state index contributed by atoms with van der Waals surface area (Å²) in [6.07, 6.45) is 12.3. The molecule has 0 bridgehead atoms. The number of ether oxygens (including phenoxy) is 2. The van der Waals surface area contributed by atoms with Gasteiger partial charge in [0.15, 0.2) is 0 Å². The number of alkyl halides is 1. The van der Waals surface area contributed by atoms with Crippen molar-refractivity contribution in [2.75, 3.05) is 13.2 Å². The molecule has 0 spiro atoms. The molecule has 0 aliphatic carbocycles. The summed E-state index contributed by atoms with van der Waals surface area (Å²) in [5.74, 6) is 1.77. The minimum absolute atomic E-state index is 0.109. The van der Waals surface area contributed by atoms with Gasteiger partial charge in [-0.2, -0.15) is 0 Å². The first-order valence-corrected chi connectivity index (χ1v) is 16.3. The summed E-state index contributed by atoms with van der Waals surface area (Å²) in [6.45, 7) is 37.6. The lowest BCUT2D eigenvalue weighted by Gasteiger charge is -2.40. The Morgan fingerprint density at radius 1 is 0.955 bits per heavy atom. The average Bonchev–Trinajstić information content (AvgIpc) is 2.94. The predicted molar refractivity (Wildman–Crippen MR) is 193 cm³/mol. The summed E-state index contributed by atoms with van der Waals surface area (Å²) in [6, 6.07) is 8.72. The lowest BCUT2D eigenvalue weighted by Crippen LogP contribution is -2.31. The van der Waals surface area contributed by atoms with Crippen molar-refractivity contribution < 1.29 is 14.3 Å². The zero-order valence-electron chi connectivity index (χ0n) is 29.5. The molecule has 1 aromatic carbocycles. The van der Waals surface area contributed by atoms with Gasteiger partial charge in [0.05, 0.1) is 5.76 Å². The van der Waals surface area contributed by atoms with E-state index in [1.807, 2.05) is 25.2 Å². The molecule has 0 saturated carbocycles. The first kappa shape index (κ1) is 41.2. The van der Waals surface area contributed by atoms with Gasteiger partial charge < -0.3 is 9.47 Å². The Labute approximate surface area is 275 Å². The maximum Gasteiger partial charge on any atom is 0.333 e. The number of carbonyl (C=O) groups excluding carboxylic acids is 1. The lowest BCUT2D eigenvalue weighted by molar-refractivity contribution is -0.140. The van der Waals surface area contributed by atoms with Gasteiger partial charge in [0.2, 0.25) is 0 Å². The molecule has 0 saturated heterocycles. The average molecular weight is 625 g/mol. The van der Waals surface area contributed by atoms with Crippen LogP contribution in [0.2, 0.25) is 0 Å². The number of carbonyl (C=O) groups is 1. The highest BCUT2D eigenvalue weighted by molar-refractivity contribution is 6.17. The van der Waals surface area contributed by atoms with Crippen molar-refractivity contribution >= 4 is 17.6 Å². The Kier molecular flexibility index (Phi) is 18.3. The van der Waals surface area contributed by atoms with Gasteiger partial charge in [-0.3, -0.25) is 0 Å². The molecule has 0 aromatic heterocycles. The third-order valence-corrected chi connectivity index (χ3v) is 8.63. The van der Waals surface area contributed by atoms with E-state index in [9.17, 15) is 4.79 Å². The molecule has 0 fully saturated rings. The van der Waals surface area contributed by atoms with Crippen LogP contribution in [0.15, 0.2) is 97.9 Å². The summed E-state index contributed by atoms with van der Waals surface area (Å²) in [5.41, 5.74) is 4.05. The van der Waals surface area contributed by atoms with Gasteiger partial charge >= 0.3 is 5.97 Å². The molecule has 1 rings (SSSR count). The highest BCUT2D eigenvalue weighted by atomic mass is 35.5. The van der Waals surface area contributed by atoms with Crippen molar-refractivity contribution in [3.63, 3.8) is 0 Å². The van der Waals surface area contributed by atoms with Crippen molar-refractivity contribution in [2.45, 2.75) is 100 Å². The van der Waals surface area contributed by atoms with E-state index in [0.717, 1.165) is 36.2 Å². The Bertz CT molecular complexity index is 1120. The summed E-state index contributed by atoms with van der Waals surface area (Å²) < 4.78 is 11.3. The fourth-order valence-corrected chi connectivity index (χ4v) is 5.03. The molecule has 0 aliphatic rings. The molecule has 0 amide bonds. The van der Waals surface area contributed by atoms with Crippen molar-refractivity contribution in [2.24, 2.45) is 22.2 Å². The topological polar surface area (TPSA) is 35.5 Å². The maximum absolute atomic E-state index is 11.7. The number of hydrogen-bond acceptors (Lipinski definition) is 3. The van der Waals surface area contributed by atoms with Gasteiger partial charge in [0, 0.05) is 16.9 Å². The SMILES string of the molecule is C=C(C)C(=O)OCCOC(=C)C(C)(CCC(c1ccc(CCl)cc1)C(C)(C)C)CC(C)C(C)(C)C.C=C/C=C(C=C)\C=C/C. The number of hydrogen-bond donors (Lipinski definition) is 0. The third-order valence-electron chi connectivity index (χ3n) is 8.32. The molecule has 0 aliphatic heterocycles. The predicted octanol–water partition coefficient (Wildman–Crippen LogP) is 11.9. The normalized spacial score (nSPS) is 14.8. The van der Waals surface area contributed by atoms with Gasteiger partial charge in [0.25, 0.3) is 0 Å². The Balaban J connectivity index is 0.00000177. The Morgan fingerprint density at radius 3 is 1.95 bits per heavy atom. The molecule has 0 radical (unpaired) electrons. The van der Waals surface area contributed by atoms with E-state index >= 15 is 0 Å². The number of halogens is 1. The van der Waals surface area contributed by atoms with Crippen LogP contribution in [0.25, 0.3) is 0 Å². The summed E-state index contributed by atoms with van der Waals surface area (Å²) >= 11 is 6.02. The van der Waals surface area contributed by atoms with Crippen LogP contribution in [0.4, 0.5) is 0 Å². The van der Waals surface area contributed by atoms with Crippen LogP contribution in [0.5, 0.6) is 0 Å².